The van der Waals surface area contributed by atoms with E-state index in [4.69, 9.17) is 4.74 Å². The Morgan fingerprint density at radius 3 is 2.92 bits per heavy atom. The van der Waals surface area contributed by atoms with Crippen LogP contribution in [0.3, 0.4) is 0 Å². The Labute approximate surface area is 75.7 Å². The highest BCUT2D eigenvalue weighted by molar-refractivity contribution is 4.72. The molecule has 2 heteroatoms. The van der Waals surface area contributed by atoms with Gasteiger partial charge in [0.05, 0.1) is 6.10 Å². The summed E-state index contributed by atoms with van der Waals surface area (Å²) in [7, 11) is 2.04. The van der Waals surface area contributed by atoms with Gasteiger partial charge in [0.2, 0.25) is 0 Å². The summed E-state index contributed by atoms with van der Waals surface area (Å²) in [4.78, 5) is 0. The maximum absolute atomic E-state index is 5.50. The van der Waals surface area contributed by atoms with E-state index in [0.29, 0.717) is 12.1 Å². The third-order valence-electron chi connectivity index (χ3n) is 2.77. The number of hydrogen-bond acceptors (Lipinski definition) is 2. The van der Waals surface area contributed by atoms with Crippen LogP contribution in [0.25, 0.3) is 0 Å². The Hall–Kier alpha value is -0.0800. The van der Waals surface area contributed by atoms with Crippen LogP contribution in [-0.4, -0.2) is 25.8 Å². The molecule has 0 aromatic rings. The molecule has 1 fully saturated rings. The van der Waals surface area contributed by atoms with Crippen LogP contribution in [0, 0.1) is 5.92 Å². The molecule has 1 N–H and O–H groups in total. The minimum Gasteiger partial charge on any atom is -0.378 e. The van der Waals surface area contributed by atoms with Gasteiger partial charge in [-0.3, -0.25) is 0 Å². The van der Waals surface area contributed by atoms with Crippen molar-refractivity contribution in [2.75, 3.05) is 13.7 Å². The van der Waals surface area contributed by atoms with Gasteiger partial charge in [-0.15, -0.1) is 0 Å². The van der Waals surface area contributed by atoms with Gasteiger partial charge in [0.1, 0.15) is 0 Å². The Kier molecular flexibility index (Phi) is 4.02. The molecular weight excluding hydrogens is 150 g/mol. The first kappa shape index (κ1) is 10.0. The molecule has 0 bridgehead atoms. The summed E-state index contributed by atoms with van der Waals surface area (Å²) < 4.78 is 5.50. The molecule has 1 rings (SSSR count). The van der Waals surface area contributed by atoms with Crippen molar-refractivity contribution in [1.82, 2.24) is 5.32 Å². The van der Waals surface area contributed by atoms with Crippen LogP contribution >= 0.6 is 0 Å². The summed E-state index contributed by atoms with van der Waals surface area (Å²) in [6.07, 6.45) is 4.26. The van der Waals surface area contributed by atoms with Crippen molar-refractivity contribution in [2.24, 2.45) is 5.92 Å². The Bertz CT molecular complexity index is 127. The number of ether oxygens (including phenoxy) is 1. The van der Waals surface area contributed by atoms with Gasteiger partial charge in [0.25, 0.3) is 0 Å². The van der Waals surface area contributed by atoms with Gasteiger partial charge < -0.3 is 10.1 Å². The molecule has 0 saturated carbocycles. The van der Waals surface area contributed by atoms with Gasteiger partial charge in [0, 0.05) is 12.6 Å². The molecule has 0 aromatic carbocycles. The molecular formula is C10H21NO. The van der Waals surface area contributed by atoms with E-state index in [-0.39, 0.29) is 0 Å². The van der Waals surface area contributed by atoms with E-state index in [0.717, 1.165) is 12.5 Å². The summed E-state index contributed by atoms with van der Waals surface area (Å²) in [5.41, 5.74) is 0. The molecule has 72 valence electrons. The van der Waals surface area contributed by atoms with E-state index < -0.39 is 0 Å². The third kappa shape index (κ3) is 3.11. The van der Waals surface area contributed by atoms with Gasteiger partial charge in [-0.25, -0.2) is 0 Å². The van der Waals surface area contributed by atoms with Crippen molar-refractivity contribution in [3.63, 3.8) is 0 Å². The minimum absolute atomic E-state index is 0.479. The monoisotopic (exact) mass is 171 g/mol. The molecule has 0 radical (unpaired) electrons. The van der Waals surface area contributed by atoms with Gasteiger partial charge in [0.15, 0.2) is 0 Å². The Morgan fingerprint density at radius 1 is 1.58 bits per heavy atom. The van der Waals surface area contributed by atoms with Crippen LogP contribution in [0.4, 0.5) is 0 Å². The summed E-state index contributed by atoms with van der Waals surface area (Å²) in [5, 5.41) is 3.29. The quantitative estimate of drug-likeness (QED) is 0.699. The van der Waals surface area contributed by atoms with Crippen LogP contribution in [0.1, 0.15) is 33.1 Å². The standard InChI is InChI=1S/C10H21NO/c1-8(11-3)6-10-4-5-12-9(2)7-10/h8-11H,4-7H2,1-3H3. The molecule has 3 atom stereocenters. The molecule has 1 aliphatic rings. The predicted octanol–water partition coefficient (Wildman–Crippen LogP) is 1.80. The Morgan fingerprint density at radius 2 is 2.33 bits per heavy atom. The first-order valence-corrected chi connectivity index (χ1v) is 5.01. The van der Waals surface area contributed by atoms with Crippen LogP contribution in [0.5, 0.6) is 0 Å². The van der Waals surface area contributed by atoms with Gasteiger partial charge in [-0.05, 0) is 46.1 Å². The molecule has 1 saturated heterocycles. The largest absolute Gasteiger partial charge is 0.378 e. The van der Waals surface area contributed by atoms with E-state index in [1.165, 1.54) is 19.3 Å². The lowest BCUT2D eigenvalue weighted by molar-refractivity contribution is -0.000726. The van der Waals surface area contributed by atoms with Crippen molar-refractivity contribution in [3.05, 3.63) is 0 Å². The third-order valence-corrected chi connectivity index (χ3v) is 2.77. The second kappa shape index (κ2) is 4.83. The highest BCUT2D eigenvalue weighted by Crippen LogP contribution is 2.23. The highest BCUT2D eigenvalue weighted by Gasteiger charge is 2.20. The van der Waals surface area contributed by atoms with Crippen LogP contribution in [-0.2, 0) is 4.74 Å². The van der Waals surface area contributed by atoms with Crippen LogP contribution in [0.15, 0.2) is 0 Å². The lowest BCUT2D eigenvalue weighted by Crippen LogP contribution is -2.29. The molecule has 1 heterocycles. The fourth-order valence-corrected chi connectivity index (χ4v) is 1.92. The SMILES string of the molecule is CNC(C)CC1CCOC(C)C1. The molecule has 1 aliphatic heterocycles. The second-order valence-electron chi connectivity index (χ2n) is 4.00. The van der Waals surface area contributed by atoms with Crippen molar-refractivity contribution < 1.29 is 4.74 Å². The molecule has 0 aliphatic carbocycles. The van der Waals surface area contributed by atoms with E-state index in [9.17, 15) is 0 Å². The summed E-state index contributed by atoms with van der Waals surface area (Å²) in [5.74, 6) is 0.871. The van der Waals surface area contributed by atoms with E-state index >= 15 is 0 Å². The molecule has 3 unspecified atom stereocenters. The second-order valence-corrected chi connectivity index (χ2v) is 4.00. The van der Waals surface area contributed by atoms with Gasteiger partial charge >= 0.3 is 0 Å². The topological polar surface area (TPSA) is 21.3 Å². The number of rotatable bonds is 3. The zero-order chi connectivity index (χ0) is 8.97. The molecule has 12 heavy (non-hydrogen) atoms. The normalized spacial score (nSPS) is 33.2. The average molecular weight is 171 g/mol. The van der Waals surface area contributed by atoms with E-state index in [1.807, 2.05) is 7.05 Å². The fourth-order valence-electron chi connectivity index (χ4n) is 1.92. The Balaban J connectivity index is 2.22. The lowest BCUT2D eigenvalue weighted by Gasteiger charge is -2.28. The van der Waals surface area contributed by atoms with Crippen molar-refractivity contribution in [2.45, 2.75) is 45.3 Å². The fraction of sp³-hybridized carbons (Fsp3) is 1.00. The summed E-state index contributed by atoms with van der Waals surface area (Å²) >= 11 is 0. The maximum Gasteiger partial charge on any atom is 0.0549 e. The van der Waals surface area contributed by atoms with Crippen molar-refractivity contribution in [3.8, 4) is 0 Å². The van der Waals surface area contributed by atoms with Crippen LogP contribution < -0.4 is 5.32 Å². The highest BCUT2D eigenvalue weighted by atomic mass is 16.5. The zero-order valence-corrected chi connectivity index (χ0v) is 8.47. The van der Waals surface area contributed by atoms with Crippen LogP contribution in [0.2, 0.25) is 0 Å². The van der Waals surface area contributed by atoms with Gasteiger partial charge in [-0.1, -0.05) is 0 Å². The van der Waals surface area contributed by atoms with Crippen molar-refractivity contribution >= 4 is 0 Å². The molecule has 2 nitrogen and oxygen atoms in total. The predicted molar refractivity (Wildman–Crippen MR) is 51.3 cm³/mol. The minimum atomic E-state index is 0.479. The smallest absolute Gasteiger partial charge is 0.0549 e. The average Bonchev–Trinajstić information content (AvgIpc) is 2.04. The van der Waals surface area contributed by atoms with E-state index in [2.05, 4.69) is 19.2 Å². The molecule has 0 aromatic heterocycles. The number of nitrogens with one attached hydrogen (secondary N) is 1. The molecule has 0 amide bonds. The van der Waals surface area contributed by atoms with Gasteiger partial charge in [-0.2, -0.15) is 0 Å². The van der Waals surface area contributed by atoms with E-state index in [1.54, 1.807) is 0 Å². The first-order chi connectivity index (χ1) is 5.72. The maximum atomic E-state index is 5.50. The first-order valence-electron chi connectivity index (χ1n) is 5.01. The zero-order valence-electron chi connectivity index (χ0n) is 8.47. The summed E-state index contributed by atoms with van der Waals surface area (Å²) in [6, 6.07) is 0.653. The number of hydrogen-bond donors (Lipinski definition) is 1. The molecule has 0 spiro atoms. The van der Waals surface area contributed by atoms with Crippen molar-refractivity contribution in [1.29, 1.82) is 0 Å². The lowest BCUT2D eigenvalue weighted by atomic mass is 9.90. The summed E-state index contributed by atoms with van der Waals surface area (Å²) in [6.45, 7) is 5.39.